The maximum Gasteiger partial charge on any atom is 0.279 e. The Morgan fingerprint density at radius 1 is 1.08 bits per heavy atom. The Morgan fingerprint density at radius 3 is 2.56 bits per heavy atom. The van der Waals surface area contributed by atoms with Crippen LogP contribution in [0.1, 0.15) is 27.6 Å². The van der Waals surface area contributed by atoms with Crippen LogP contribution in [0.4, 0.5) is 5.69 Å². The van der Waals surface area contributed by atoms with Gasteiger partial charge in [-0.2, -0.15) is 0 Å². The number of nitrogens with one attached hydrogen (secondary N) is 1. The topological polar surface area (TPSA) is 45.7 Å². The second-order valence-electron chi connectivity index (χ2n) is 6.21. The Morgan fingerprint density at radius 2 is 1.88 bits per heavy atom. The highest BCUT2D eigenvalue weighted by Crippen LogP contribution is 2.22. The van der Waals surface area contributed by atoms with Crippen molar-refractivity contribution in [3.05, 3.63) is 87.6 Å². The molecule has 0 radical (unpaired) electrons. The zero-order chi connectivity index (χ0) is 17.6. The normalized spacial score (nSPS) is 11.9. The van der Waals surface area contributed by atoms with E-state index in [4.69, 9.17) is 0 Å². The first-order chi connectivity index (χ1) is 12.1. The molecule has 0 spiro atoms. The molecule has 0 unspecified atom stereocenters. The Kier molecular flexibility index (Phi) is 5.64. The standard InChI is InChI=1S/C21H22N2OS/c1-15-10-11-18(16(2)13-15)23-20(24)14-22-21(19-9-6-12-25-19)17-7-4-3-5-8-17/h3-13,21-22H,14H2,1-2H3,(H,23,24)/p+1/t21-/m1/s1. The molecule has 0 aliphatic heterocycles. The molecular weight excluding hydrogens is 328 g/mol. The summed E-state index contributed by atoms with van der Waals surface area (Å²) in [5, 5.41) is 7.20. The number of aryl methyl sites for hydroxylation is 2. The van der Waals surface area contributed by atoms with Crippen molar-refractivity contribution in [2.45, 2.75) is 19.9 Å². The maximum absolute atomic E-state index is 12.4. The lowest BCUT2D eigenvalue weighted by Gasteiger charge is -2.15. The molecule has 0 aliphatic carbocycles. The zero-order valence-electron chi connectivity index (χ0n) is 14.5. The maximum atomic E-state index is 12.4. The van der Waals surface area contributed by atoms with Gasteiger partial charge < -0.3 is 10.6 Å². The van der Waals surface area contributed by atoms with Crippen molar-refractivity contribution in [1.29, 1.82) is 0 Å². The molecule has 1 amide bonds. The van der Waals surface area contributed by atoms with Crippen molar-refractivity contribution in [1.82, 2.24) is 0 Å². The molecule has 0 saturated carbocycles. The number of hydrogen-bond acceptors (Lipinski definition) is 2. The average Bonchev–Trinajstić information content (AvgIpc) is 3.13. The molecular formula is C21H23N2OS+. The van der Waals surface area contributed by atoms with E-state index in [1.807, 2.05) is 37.3 Å². The van der Waals surface area contributed by atoms with Crippen LogP contribution in [0.5, 0.6) is 0 Å². The predicted octanol–water partition coefficient (Wildman–Crippen LogP) is 3.66. The number of anilines is 1. The first-order valence-electron chi connectivity index (χ1n) is 8.42. The van der Waals surface area contributed by atoms with Crippen LogP contribution in [-0.2, 0) is 4.79 Å². The van der Waals surface area contributed by atoms with E-state index in [-0.39, 0.29) is 11.9 Å². The van der Waals surface area contributed by atoms with Crippen LogP contribution in [0.2, 0.25) is 0 Å². The molecule has 128 valence electrons. The summed E-state index contributed by atoms with van der Waals surface area (Å²) in [6.07, 6.45) is 0. The van der Waals surface area contributed by atoms with Gasteiger partial charge >= 0.3 is 0 Å². The molecule has 0 aliphatic rings. The summed E-state index contributed by atoms with van der Waals surface area (Å²) in [7, 11) is 0. The number of rotatable bonds is 6. The van der Waals surface area contributed by atoms with Gasteiger partial charge in [-0.25, -0.2) is 0 Å². The molecule has 25 heavy (non-hydrogen) atoms. The Balaban J connectivity index is 1.68. The number of hydrogen-bond donors (Lipinski definition) is 2. The molecule has 4 heteroatoms. The third-order valence-electron chi connectivity index (χ3n) is 4.20. The molecule has 2 aromatic carbocycles. The first-order valence-corrected chi connectivity index (χ1v) is 9.30. The highest BCUT2D eigenvalue weighted by molar-refractivity contribution is 7.10. The summed E-state index contributed by atoms with van der Waals surface area (Å²) in [5.74, 6) is 0.0180. The van der Waals surface area contributed by atoms with E-state index in [0.29, 0.717) is 6.54 Å². The van der Waals surface area contributed by atoms with Crippen LogP contribution in [0.15, 0.2) is 66.0 Å². The van der Waals surface area contributed by atoms with Gasteiger partial charge in [0.25, 0.3) is 5.91 Å². The lowest BCUT2D eigenvalue weighted by Crippen LogP contribution is -2.87. The van der Waals surface area contributed by atoms with Gasteiger partial charge in [0.1, 0.15) is 6.04 Å². The highest BCUT2D eigenvalue weighted by atomic mass is 32.1. The van der Waals surface area contributed by atoms with Crippen LogP contribution in [0.25, 0.3) is 0 Å². The smallest absolute Gasteiger partial charge is 0.279 e. The van der Waals surface area contributed by atoms with Gasteiger partial charge in [-0.3, -0.25) is 4.79 Å². The van der Waals surface area contributed by atoms with E-state index < -0.39 is 0 Å². The molecule has 0 fully saturated rings. The average molecular weight is 351 g/mol. The van der Waals surface area contributed by atoms with Crippen molar-refractivity contribution in [3.8, 4) is 0 Å². The number of nitrogens with two attached hydrogens (primary N) is 1. The number of amides is 1. The van der Waals surface area contributed by atoms with Crippen LogP contribution >= 0.6 is 11.3 Å². The minimum absolute atomic E-state index is 0.0180. The molecule has 3 N–H and O–H groups in total. The van der Waals surface area contributed by atoms with E-state index in [1.54, 1.807) is 11.3 Å². The lowest BCUT2D eigenvalue weighted by molar-refractivity contribution is -0.675. The summed E-state index contributed by atoms with van der Waals surface area (Å²) in [5.41, 5.74) is 4.38. The third kappa shape index (κ3) is 4.56. The summed E-state index contributed by atoms with van der Waals surface area (Å²) in [6.45, 7) is 4.45. The lowest BCUT2D eigenvalue weighted by atomic mass is 10.1. The van der Waals surface area contributed by atoms with Gasteiger partial charge in [0.05, 0.1) is 4.88 Å². The van der Waals surface area contributed by atoms with Gasteiger partial charge in [0, 0.05) is 11.3 Å². The van der Waals surface area contributed by atoms with Crippen molar-refractivity contribution in [3.63, 3.8) is 0 Å². The van der Waals surface area contributed by atoms with Gasteiger partial charge in [0.2, 0.25) is 0 Å². The van der Waals surface area contributed by atoms with E-state index >= 15 is 0 Å². The van der Waals surface area contributed by atoms with E-state index in [0.717, 1.165) is 11.3 Å². The molecule has 3 nitrogen and oxygen atoms in total. The number of thiophene rings is 1. The van der Waals surface area contributed by atoms with E-state index in [2.05, 4.69) is 53.3 Å². The molecule has 3 rings (SSSR count). The largest absolute Gasteiger partial charge is 0.328 e. The fourth-order valence-electron chi connectivity index (χ4n) is 2.93. The van der Waals surface area contributed by atoms with Crippen LogP contribution in [-0.4, -0.2) is 12.5 Å². The summed E-state index contributed by atoms with van der Waals surface area (Å²) in [4.78, 5) is 13.7. The Bertz CT molecular complexity index is 828. The van der Waals surface area contributed by atoms with Crippen molar-refractivity contribution < 1.29 is 10.1 Å². The number of carbonyl (C=O) groups excluding carboxylic acids is 1. The zero-order valence-corrected chi connectivity index (χ0v) is 15.3. The SMILES string of the molecule is Cc1ccc(NC(=O)C[NH2+][C@H](c2ccccc2)c2cccs2)c(C)c1. The molecule has 1 atom stereocenters. The number of quaternary nitrogens is 1. The van der Waals surface area contributed by atoms with Gasteiger partial charge in [-0.1, -0.05) is 54.1 Å². The summed E-state index contributed by atoms with van der Waals surface area (Å²) >= 11 is 1.72. The third-order valence-corrected chi connectivity index (χ3v) is 5.16. The van der Waals surface area contributed by atoms with Crippen molar-refractivity contribution in [2.24, 2.45) is 0 Å². The molecule has 0 bridgehead atoms. The van der Waals surface area contributed by atoms with Crippen LogP contribution in [0.3, 0.4) is 0 Å². The Hall–Kier alpha value is -2.43. The minimum atomic E-state index is 0.0180. The van der Waals surface area contributed by atoms with Gasteiger partial charge in [0.15, 0.2) is 6.54 Å². The fraction of sp³-hybridized carbons (Fsp3) is 0.190. The predicted molar refractivity (Wildman–Crippen MR) is 104 cm³/mol. The molecule has 1 heterocycles. The van der Waals surface area contributed by atoms with Gasteiger partial charge in [-0.05, 0) is 36.9 Å². The Labute approximate surface area is 152 Å². The second-order valence-corrected chi connectivity index (χ2v) is 7.19. The number of carbonyl (C=O) groups is 1. The van der Waals surface area contributed by atoms with Gasteiger partial charge in [-0.15, -0.1) is 11.3 Å². The fourth-order valence-corrected chi connectivity index (χ4v) is 3.78. The summed E-state index contributed by atoms with van der Waals surface area (Å²) in [6, 6.07) is 20.7. The van der Waals surface area contributed by atoms with E-state index in [9.17, 15) is 4.79 Å². The number of benzene rings is 2. The highest BCUT2D eigenvalue weighted by Gasteiger charge is 2.19. The monoisotopic (exact) mass is 351 g/mol. The molecule has 0 saturated heterocycles. The molecule has 3 aromatic rings. The van der Waals surface area contributed by atoms with Crippen LogP contribution in [0, 0.1) is 13.8 Å². The summed E-state index contributed by atoms with van der Waals surface area (Å²) < 4.78 is 0. The van der Waals surface area contributed by atoms with Crippen molar-refractivity contribution >= 4 is 22.9 Å². The quantitative estimate of drug-likeness (QED) is 0.699. The van der Waals surface area contributed by atoms with Crippen molar-refractivity contribution in [2.75, 3.05) is 11.9 Å². The minimum Gasteiger partial charge on any atom is -0.328 e. The first kappa shape index (κ1) is 17.4. The van der Waals surface area contributed by atoms with E-state index in [1.165, 1.54) is 16.0 Å². The van der Waals surface area contributed by atoms with Crippen LogP contribution < -0.4 is 10.6 Å². The second kappa shape index (κ2) is 8.10. The molecule has 1 aromatic heterocycles.